The van der Waals surface area contributed by atoms with Crippen molar-refractivity contribution in [1.82, 2.24) is 9.80 Å². The van der Waals surface area contributed by atoms with E-state index in [0.29, 0.717) is 24.6 Å². The molecule has 2 aliphatic rings. The first-order chi connectivity index (χ1) is 15.2. The van der Waals surface area contributed by atoms with E-state index in [1.54, 1.807) is 24.3 Å². The first-order valence-electron chi connectivity index (χ1n) is 11.4. The molecule has 1 aliphatic carbocycles. The van der Waals surface area contributed by atoms with Gasteiger partial charge in [0, 0.05) is 43.0 Å². The molecule has 1 aromatic rings. The molecule has 0 spiro atoms. The number of piperazine rings is 1. The number of carbonyl (C=O) groups is 2. The topological polar surface area (TPSA) is 101 Å². The first kappa shape index (κ1) is 25.1. The van der Waals surface area contributed by atoms with Crippen molar-refractivity contribution in [3.63, 3.8) is 0 Å². The molecule has 0 radical (unpaired) electrons. The Bertz CT molecular complexity index is 894. The Morgan fingerprint density at radius 1 is 1.06 bits per heavy atom. The number of hydrogen-bond acceptors (Lipinski definition) is 6. The molecule has 1 saturated carbocycles. The van der Waals surface area contributed by atoms with Gasteiger partial charge in [-0.1, -0.05) is 12.8 Å². The number of sulfone groups is 1. The zero-order chi connectivity index (χ0) is 23.3. The molecule has 7 nitrogen and oxygen atoms in total. The van der Waals surface area contributed by atoms with Crippen LogP contribution in [-0.4, -0.2) is 73.8 Å². The Hall–Kier alpha value is -1.58. The van der Waals surface area contributed by atoms with Crippen LogP contribution in [-0.2, 0) is 19.4 Å². The summed E-state index contributed by atoms with van der Waals surface area (Å²) in [6.07, 6.45) is 3.24. The summed E-state index contributed by atoms with van der Waals surface area (Å²) in [6.45, 7) is 7.64. The number of hydrogen-bond donors (Lipinski definition) is 1. The van der Waals surface area contributed by atoms with Crippen molar-refractivity contribution >= 4 is 33.4 Å². The molecule has 2 N–H and O–H groups in total. The maximum absolute atomic E-state index is 12.9. The molecule has 1 aromatic carbocycles. The van der Waals surface area contributed by atoms with E-state index in [0.717, 1.165) is 43.9 Å². The minimum atomic E-state index is -3.50. The molecule has 0 aromatic heterocycles. The molecule has 9 heteroatoms. The fourth-order valence-electron chi connectivity index (χ4n) is 4.63. The van der Waals surface area contributed by atoms with Crippen LogP contribution < -0.4 is 5.73 Å². The largest absolute Gasteiger partial charge is 0.369 e. The maximum atomic E-state index is 12.9. The lowest BCUT2D eigenvalue weighted by atomic mass is 9.80. The Kier molecular flexibility index (Phi) is 8.63. The number of rotatable bonds is 8. The Balaban J connectivity index is 1.53. The van der Waals surface area contributed by atoms with Crippen LogP contribution in [0.4, 0.5) is 0 Å². The number of primary amides is 1. The van der Waals surface area contributed by atoms with E-state index in [9.17, 15) is 18.0 Å². The molecule has 2 amide bonds. The highest BCUT2D eigenvalue weighted by Crippen LogP contribution is 2.32. The van der Waals surface area contributed by atoms with E-state index < -0.39 is 15.7 Å². The highest BCUT2D eigenvalue weighted by molar-refractivity contribution is 8.00. The third-order valence-corrected chi connectivity index (χ3v) is 9.50. The monoisotopic (exact) mass is 481 g/mol. The van der Waals surface area contributed by atoms with Crippen molar-refractivity contribution in [3.8, 4) is 0 Å². The molecular weight excluding hydrogens is 446 g/mol. The summed E-state index contributed by atoms with van der Waals surface area (Å²) in [7, 11) is -3.50. The fourth-order valence-corrected chi connectivity index (χ4v) is 7.13. The lowest BCUT2D eigenvalue weighted by Crippen LogP contribution is -2.51. The predicted octanol–water partition coefficient (Wildman–Crippen LogP) is 2.40. The van der Waals surface area contributed by atoms with Gasteiger partial charge in [-0.3, -0.25) is 14.5 Å². The van der Waals surface area contributed by atoms with Gasteiger partial charge >= 0.3 is 0 Å². The standard InChI is InChI=1S/C23H35N3O4S2/c1-17(2)25-11-13-26(14-12-25)22(27)15-31-19-7-9-20(10-8-19)32(29,30)16-18-5-3-4-6-21(18)23(24)28/h7-10,17-18,21H,3-6,11-16H2,1-2H3,(H2,24,28). The van der Waals surface area contributed by atoms with Crippen LogP contribution in [0.2, 0.25) is 0 Å². The van der Waals surface area contributed by atoms with Crippen molar-refractivity contribution in [2.24, 2.45) is 17.6 Å². The van der Waals surface area contributed by atoms with Crippen LogP contribution in [0.1, 0.15) is 39.5 Å². The van der Waals surface area contributed by atoms with Gasteiger partial charge in [0.15, 0.2) is 9.84 Å². The lowest BCUT2D eigenvalue weighted by molar-refractivity contribution is -0.130. The van der Waals surface area contributed by atoms with Crippen molar-refractivity contribution in [2.75, 3.05) is 37.7 Å². The van der Waals surface area contributed by atoms with Gasteiger partial charge in [-0.2, -0.15) is 0 Å². The molecule has 178 valence electrons. The average Bonchev–Trinajstić information content (AvgIpc) is 2.77. The Labute approximate surface area is 196 Å². The second-order valence-electron chi connectivity index (χ2n) is 9.11. The zero-order valence-electron chi connectivity index (χ0n) is 19.0. The number of amides is 2. The van der Waals surface area contributed by atoms with Gasteiger partial charge in [-0.15, -0.1) is 11.8 Å². The van der Waals surface area contributed by atoms with Gasteiger partial charge in [-0.05, 0) is 56.9 Å². The Morgan fingerprint density at radius 3 is 2.28 bits per heavy atom. The molecule has 32 heavy (non-hydrogen) atoms. The third kappa shape index (κ3) is 6.48. The summed E-state index contributed by atoms with van der Waals surface area (Å²) < 4.78 is 25.8. The van der Waals surface area contributed by atoms with E-state index in [1.807, 2.05) is 4.90 Å². The molecule has 2 unspecified atom stereocenters. The van der Waals surface area contributed by atoms with E-state index in [1.165, 1.54) is 11.8 Å². The Morgan fingerprint density at radius 2 is 1.69 bits per heavy atom. The number of nitrogens with two attached hydrogens (primary N) is 1. The quantitative estimate of drug-likeness (QED) is 0.572. The van der Waals surface area contributed by atoms with Crippen molar-refractivity contribution < 1.29 is 18.0 Å². The molecule has 1 heterocycles. The highest BCUT2D eigenvalue weighted by Gasteiger charge is 2.33. The predicted molar refractivity (Wildman–Crippen MR) is 127 cm³/mol. The number of benzene rings is 1. The zero-order valence-corrected chi connectivity index (χ0v) is 20.7. The molecular formula is C23H35N3O4S2. The van der Waals surface area contributed by atoms with E-state index >= 15 is 0 Å². The third-order valence-electron chi connectivity index (χ3n) is 6.65. The van der Waals surface area contributed by atoms with Gasteiger partial charge < -0.3 is 10.6 Å². The lowest BCUT2D eigenvalue weighted by Gasteiger charge is -2.36. The highest BCUT2D eigenvalue weighted by atomic mass is 32.2. The molecule has 2 atom stereocenters. The van der Waals surface area contributed by atoms with Crippen LogP contribution in [0.25, 0.3) is 0 Å². The van der Waals surface area contributed by atoms with Crippen molar-refractivity contribution in [3.05, 3.63) is 24.3 Å². The van der Waals surface area contributed by atoms with E-state index in [-0.39, 0.29) is 28.4 Å². The first-order valence-corrected chi connectivity index (χ1v) is 14.1. The van der Waals surface area contributed by atoms with Crippen LogP contribution >= 0.6 is 11.8 Å². The van der Waals surface area contributed by atoms with Gasteiger partial charge in [0.05, 0.1) is 16.4 Å². The summed E-state index contributed by atoms with van der Waals surface area (Å²) in [4.78, 5) is 29.6. The summed E-state index contributed by atoms with van der Waals surface area (Å²) in [5.74, 6) is -0.558. The van der Waals surface area contributed by atoms with Gasteiger partial charge in [0.2, 0.25) is 11.8 Å². The summed E-state index contributed by atoms with van der Waals surface area (Å²) in [5.41, 5.74) is 5.50. The van der Waals surface area contributed by atoms with Crippen molar-refractivity contribution in [1.29, 1.82) is 0 Å². The fraction of sp³-hybridized carbons (Fsp3) is 0.652. The summed E-state index contributed by atoms with van der Waals surface area (Å²) in [6, 6.07) is 7.22. The number of nitrogens with zero attached hydrogens (tertiary/aromatic N) is 2. The van der Waals surface area contributed by atoms with Crippen LogP contribution in [0.5, 0.6) is 0 Å². The minimum absolute atomic E-state index is 0.0477. The molecule has 2 fully saturated rings. The molecule has 1 aliphatic heterocycles. The minimum Gasteiger partial charge on any atom is -0.369 e. The molecule has 0 bridgehead atoms. The van der Waals surface area contributed by atoms with Crippen LogP contribution in [0.3, 0.4) is 0 Å². The van der Waals surface area contributed by atoms with Crippen molar-refractivity contribution in [2.45, 2.75) is 55.4 Å². The average molecular weight is 482 g/mol. The van der Waals surface area contributed by atoms with Gasteiger partial charge in [0.1, 0.15) is 0 Å². The van der Waals surface area contributed by atoms with E-state index in [2.05, 4.69) is 18.7 Å². The van der Waals surface area contributed by atoms with Crippen LogP contribution in [0, 0.1) is 11.8 Å². The van der Waals surface area contributed by atoms with Gasteiger partial charge in [0.25, 0.3) is 0 Å². The molecule has 3 rings (SSSR count). The SMILES string of the molecule is CC(C)N1CCN(C(=O)CSc2ccc(S(=O)(=O)CC3CCCCC3C(N)=O)cc2)CC1. The smallest absolute Gasteiger partial charge is 0.233 e. The number of carbonyl (C=O) groups excluding carboxylic acids is 2. The summed E-state index contributed by atoms with van der Waals surface area (Å²) >= 11 is 1.43. The van der Waals surface area contributed by atoms with Gasteiger partial charge in [-0.25, -0.2) is 8.42 Å². The summed E-state index contributed by atoms with van der Waals surface area (Å²) in [5, 5.41) is 0. The second-order valence-corrected chi connectivity index (χ2v) is 12.2. The van der Waals surface area contributed by atoms with Crippen LogP contribution in [0.15, 0.2) is 34.1 Å². The normalized spacial score (nSPS) is 22.8. The molecule has 1 saturated heterocycles. The van der Waals surface area contributed by atoms with E-state index in [4.69, 9.17) is 5.73 Å². The maximum Gasteiger partial charge on any atom is 0.233 e. The number of thioether (sulfide) groups is 1. The second kappa shape index (κ2) is 11.0.